The largest absolute Gasteiger partial charge is 0.207 e. The predicted molar refractivity (Wildman–Crippen MR) is 53.2 cm³/mol. The molecule has 12 heavy (non-hydrogen) atoms. The second-order valence-electron chi connectivity index (χ2n) is 2.77. The van der Waals surface area contributed by atoms with E-state index in [9.17, 15) is 4.39 Å². The van der Waals surface area contributed by atoms with Crippen LogP contribution in [0.15, 0.2) is 24.3 Å². The van der Waals surface area contributed by atoms with E-state index in [-0.39, 0.29) is 5.82 Å². The summed E-state index contributed by atoms with van der Waals surface area (Å²) in [7, 11) is 0. The molecule has 0 spiro atoms. The Balaban J connectivity index is 2.46. The zero-order valence-corrected chi connectivity index (χ0v) is 7.86. The van der Waals surface area contributed by atoms with Crippen LogP contribution >= 0.6 is 12.6 Å². The number of halogens is 1. The van der Waals surface area contributed by atoms with Crippen LogP contribution < -0.4 is 0 Å². The average Bonchev–Trinajstić information content (AvgIpc) is 2.09. The molecule has 1 rings (SSSR count). The summed E-state index contributed by atoms with van der Waals surface area (Å²) in [5.41, 5.74) is 0.819. The van der Waals surface area contributed by atoms with Crippen LogP contribution in [0.1, 0.15) is 18.4 Å². The van der Waals surface area contributed by atoms with E-state index in [1.54, 1.807) is 6.07 Å². The average molecular weight is 184 g/mol. The molecule has 0 bridgehead atoms. The number of aryl methyl sites for hydroxylation is 1. The van der Waals surface area contributed by atoms with Gasteiger partial charge in [0.1, 0.15) is 5.82 Å². The van der Waals surface area contributed by atoms with Crippen LogP contribution in [0.25, 0.3) is 0 Å². The van der Waals surface area contributed by atoms with Gasteiger partial charge < -0.3 is 0 Å². The molecule has 0 unspecified atom stereocenters. The molecule has 2 heteroatoms. The highest BCUT2D eigenvalue weighted by Crippen LogP contribution is 2.09. The molecule has 0 aliphatic heterocycles. The third-order valence-corrected chi connectivity index (χ3v) is 2.13. The van der Waals surface area contributed by atoms with E-state index in [0.29, 0.717) is 0 Å². The molecule has 0 N–H and O–H groups in total. The molecule has 0 aromatic heterocycles. The minimum atomic E-state index is -0.0864. The summed E-state index contributed by atoms with van der Waals surface area (Å²) in [5.74, 6) is 0.797. The highest BCUT2D eigenvalue weighted by molar-refractivity contribution is 7.80. The lowest BCUT2D eigenvalue weighted by Crippen LogP contribution is -1.90. The van der Waals surface area contributed by atoms with Crippen molar-refractivity contribution in [1.29, 1.82) is 0 Å². The molecule has 0 aliphatic rings. The van der Waals surface area contributed by atoms with Crippen LogP contribution in [0.2, 0.25) is 0 Å². The van der Waals surface area contributed by atoms with Gasteiger partial charge in [-0.15, -0.1) is 0 Å². The van der Waals surface area contributed by atoms with Gasteiger partial charge in [-0.2, -0.15) is 12.6 Å². The van der Waals surface area contributed by atoms with Crippen LogP contribution in [-0.4, -0.2) is 5.75 Å². The Morgan fingerprint density at radius 3 is 2.58 bits per heavy atom. The van der Waals surface area contributed by atoms with E-state index in [1.165, 1.54) is 6.07 Å². The van der Waals surface area contributed by atoms with E-state index < -0.39 is 0 Å². The van der Waals surface area contributed by atoms with Crippen molar-refractivity contribution in [1.82, 2.24) is 0 Å². The smallest absolute Gasteiger partial charge is 0.126 e. The maximum absolute atomic E-state index is 13.0. The molecule has 0 radical (unpaired) electrons. The van der Waals surface area contributed by atoms with Gasteiger partial charge in [-0.1, -0.05) is 18.2 Å². The summed E-state index contributed by atoms with van der Waals surface area (Å²) in [6.07, 6.45) is 2.90. The normalized spacial score (nSPS) is 10.2. The Morgan fingerprint density at radius 1 is 1.17 bits per heavy atom. The summed E-state index contributed by atoms with van der Waals surface area (Å²) in [5, 5.41) is 0. The van der Waals surface area contributed by atoms with Crippen molar-refractivity contribution in [3.05, 3.63) is 35.6 Å². The van der Waals surface area contributed by atoms with E-state index in [4.69, 9.17) is 0 Å². The Hall–Kier alpha value is -0.500. The Bertz CT molecular complexity index is 235. The van der Waals surface area contributed by atoms with Gasteiger partial charge in [-0.25, -0.2) is 4.39 Å². The van der Waals surface area contributed by atoms with Gasteiger partial charge in [0.25, 0.3) is 0 Å². The molecule has 66 valence electrons. The summed E-state index contributed by atoms with van der Waals surface area (Å²) in [6.45, 7) is 0. The Morgan fingerprint density at radius 2 is 1.92 bits per heavy atom. The molecule has 0 heterocycles. The van der Waals surface area contributed by atoms with Crippen LogP contribution in [-0.2, 0) is 6.42 Å². The predicted octanol–water partition coefficient (Wildman–Crippen LogP) is 3.08. The molecule has 0 saturated heterocycles. The van der Waals surface area contributed by atoms with Crippen LogP contribution in [0.4, 0.5) is 4.39 Å². The molecule has 0 atom stereocenters. The second kappa shape index (κ2) is 5.20. The first-order valence-corrected chi connectivity index (χ1v) is 4.82. The van der Waals surface area contributed by atoms with Crippen molar-refractivity contribution < 1.29 is 4.39 Å². The number of hydrogen-bond acceptors (Lipinski definition) is 1. The van der Waals surface area contributed by atoms with Gasteiger partial charge in [-0.3, -0.25) is 0 Å². The van der Waals surface area contributed by atoms with Crippen molar-refractivity contribution in [2.24, 2.45) is 0 Å². The minimum Gasteiger partial charge on any atom is -0.207 e. The van der Waals surface area contributed by atoms with E-state index >= 15 is 0 Å². The lowest BCUT2D eigenvalue weighted by molar-refractivity contribution is 0.603. The monoisotopic (exact) mass is 184 g/mol. The van der Waals surface area contributed by atoms with Gasteiger partial charge >= 0.3 is 0 Å². The molecule has 1 aromatic rings. The Kier molecular flexibility index (Phi) is 4.15. The molecular formula is C10H13FS. The molecule has 0 aliphatic carbocycles. The topological polar surface area (TPSA) is 0 Å². The standard InChI is InChI=1S/C10H13FS/c11-10-7-2-1-5-9(10)6-3-4-8-12/h1-2,5,7,12H,3-4,6,8H2. The molecule has 0 nitrogen and oxygen atoms in total. The molecule has 0 amide bonds. The first-order chi connectivity index (χ1) is 5.84. The van der Waals surface area contributed by atoms with Gasteiger partial charge in [-0.05, 0) is 36.6 Å². The minimum absolute atomic E-state index is 0.0864. The van der Waals surface area contributed by atoms with E-state index in [0.717, 1.165) is 30.6 Å². The molecule has 0 saturated carbocycles. The number of unbranched alkanes of at least 4 members (excludes halogenated alkanes) is 1. The third kappa shape index (κ3) is 2.86. The van der Waals surface area contributed by atoms with Crippen LogP contribution in [0.5, 0.6) is 0 Å². The lowest BCUT2D eigenvalue weighted by atomic mass is 10.1. The molecule has 0 fully saturated rings. The van der Waals surface area contributed by atoms with Gasteiger partial charge in [0, 0.05) is 0 Å². The summed E-state index contributed by atoms with van der Waals surface area (Å²) >= 11 is 4.10. The third-order valence-electron chi connectivity index (χ3n) is 1.81. The maximum Gasteiger partial charge on any atom is 0.126 e. The van der Waals surface area contributed by atoms with Crippen molar-refractivity contribution in [3.63, 3.8) is 0 Å². The summed E-state index contributed by atoms with van der Waals surface area (Å²) < 4.78 is 13.0. The number of hydrogen-bond donors (Lipinski definition) is 1. The number of benzene rings is 1. The lowest BCUT2D eigenvalue weighted by Gasteiger charge is -2.00. The van der Waals surface area contributed by atoms with Crippen molar-refractivity contribution in [3.8, 4) is 0 Å². The Labute approximate surface area is 78.2 Å². The van der Waals surface area contributed by atoms with Crippen molar-refractivity contribution in [2.75, 3.05) is 5.75 Å². The highest BCUT2D eigenvalue weighted by atomic mass is 32.1. The number of thiol groups is 1. The number of rotatable bonds is 4. The second-order valence-corrected chi connectivity index (χ2v) is 3.22. The summed E-state index contributed by atoms with van der Waals surface area (Å²) in [6, 6.07) is 6.94. The zero-order chi connectivity index (χ0) is 8.81. The van der Waals surface area contributed by atoms with E-state index in [1.807, 2.05) is 12.1 Å². The zero-order valence-electron chi connectivity index (χ0n) is 6.96. The molecular weight excluding hydrogens is 171 g/mol. The fraction of sp³-hybridized carbons (Fsp3) is 0.400. The van der Waals surface area contributed by atoms with Gasteiger partial charge in [0.05, 0.1) is 0 Å². The van der Waals surface area contributed by atoms with Crippen molar-refractivity contribution >= 4 is 12.6 Å². The van der Waals surface area contributed by atoms with Crippen LogP contribution in [0, 0.1) is 5.82 Å². The van der Waals surface area contributed by atoms with Gasteiger partial charge in [0.2, 0.25) is 0 Å². The first-order valence-electron chi connectivity index (χ1n) is 4.19. The molecule has 1 aromatic carbocycles. The van der Waals surface area contributed by atoms with Gasteiger partial charge in [0.15, 0.2) is 0 Å². The fourth-order valence-corrected chi connectivity index (χ4v) is 1.35. The van der Waals surface area contributed by atoms with E-state index in [2.05, 4.69) is 12.6 Å². The summed E-state index contributed by atoms with van der Waals surface area (Å²) in [4.78, 5) is 0. The van der Waals surface area contributed by atoms with Crippen molar-refractivity contribution in [2.45, 2.75) is 19.3 Å². The maximum atomic E-state index is 13.0. The first kappa shape index (κ1) is 9.59. The van der Waals surface area contributed by atoms with Crippen LogP contribution in [0.3, 0.4) is 0 Å². The SMILES string of the molecule is Fc1ccccc1CCCCS. The highest BCUT2D eigenvalue weighted by Gasteiger charge is 1.98. The fourth-order valence-electron chi connectivity index (χ4n) is 1.13. The quantitative estimate of drug-likeness (QED) is 0.539.